The van der Waals surface area contributed by atoms with Crippen LogP contribution < -0.4 is 5.32 Å². The topological polar surface area (TPSA) is 78.7 Å². The molecular weight excluding hydrogens is 401 g/mol. The van der Waals surface area contributed by atoms with Crippen LogP contribution >= 0.6 is 11.8 Å². The molecule has 29 heavy (non-hydrogen) atoms. The molecule has 1 N–H and O–H groups in total. The minimum Gasteiger partial charge on any atom is -0.325 e. The number of hydrogen-bond donors (Lipinski definition) is 1. The van der Waals surface area contributed by atoms with Gasteiger partial charge >= 0.3 is 6.18 Å². The number of thioether (sulfide) groups is 1. The van der Waals surface area contributed by atoms with Gasteiger partial charge in [0.2, 0.25) is 5.91 Å². The fourth-order valence-electron chi connectivity index (χ4n) is 2.40. The predicted octanol–water partition coefficient (Wildman–Crippen LogP) is 4.76. The standard InChI is InChI=1S/C20H13F3N4OS/c21-20(22,23)14-4-3-5-15(10-14)26-18(28)12-29-19-13(11-24)7-8-17(27-19)16-6-1-2-9-25-16/h1-10H,12H2,(H,26,28). The first kappa shape index (κ1) is 20.4. The molecule has 0 radical (unpaired) electrons. The highest BCUT2D eigenvalue weighted by Crippen LogP contribution is 2.31. The molecule has 2 heterocycles. The SMILES string of the molecule is N#Cc1ccc(-c2ccccn2)nc1SCC(=O)Nc1cccc(C(F)(F)F)c1. The number of anilines is 1. The van der Waals surface area contributed by atoms with Crippen LogP contribution in [0, 0.1) is 11.3 Å². The maximum absolute atomic E-state index is 12.8. The fraction of sp³-hybridized carbons (Fsp3) is 0.100. The monoisotopic (exact) mass is 414 g/mol. The predicted molar refractivity (Wildman–Crippen MR) is 103 cm³/mol. The van der Waals surface area contributed by atoms with Gasteiger partial charge in [-0.3, -0.25) is 9.78 Å². The average Bonchev–Trinajstić information content (AvgIpc) is 2.72. The van der Waals surface area contributed by atoms with Gasteiger partial charge in [-0.25, -0.2) is 4.98 Å². The molecule has 0 fully saturated rings. The number of nitrogens with one attached hydrogen (secondary N) is 1. The van der Waals surface area contributed by atoms with Crippen LogP contribution in [-0.2, 0) is 11.0 Å². The molecule has 146 valence electrons. The lowest BCUT2D eigenvalue weighted by Gasteiger charge is -2.10. The zero-order valence-corrected chi connectivity index (χ0v) is 15.6. The van der Waals surface area contributed by atoms with E-state index in [2.05, 4.69) is 15.3 Å². The molecule has 0 aliphatic heterocycles. The van der Waals surface area contributed by atoms with Gasteiger partial charge in [-0.2, -0.15) is 18.4 Å². The zero-order chi connectivity index (χ0) is 20.9. The number of aromatic nitrogens is 2. The van der Waals surface area contributed by atoms with E-state index in [-0.39, 0.29) is 11.4 Å². The van der Waals surface area contributed by atoms with Gasteiger partial charge in [0.05, 0.1) is 28.3 Å². The second-order valence-corrected chi connectivity index (χ2v) is 6.76. The van der Waals surface area contributed by atoms with E-state index in [4.69, 9.17) is 0 Å². The first-order valence-electron chi connectivity index (χ1n) is 8.29. The van der Waals surface area contributed by atoms with Crippen LogP contribution in [0.5, 0.6) is 0 Å². The molecule has 0 aliphatic rings. The van der Waals surface area contributed by atoms with Crippen molar-refractivity contribution >= 4 is 23.4 Å². The Balaban J connectivity index is 1.71. The number of pyridine rings is 2. The van der Waals surface area contributed by atoms with Crippen LogP contribution in [0.3, 0.4) is 0 Å². The Morgan fingerprint density at radius 1 is 1.10 bits per heavy atom. The molecule has 0 bridgehead atoms. The second kappa shape index (κ2) is 8.75. The van der Waals surface area contributed by atoms with Crippen LogP contribution in [0.4, 0.5) is 18.9 Å². The summed E-state index contributed by atoms with van der Waals surface area (Å²) in [5, 5.41) is 12.0. The van der Waals surface area contributed by atoms with E-state index in [1.807, 2.05) is 6.07 Å². The van der Waals surface area contributed by atoms with Crippen molar-refractivity contribution in [2.45, 2.75) is 11.2 Å². The first-order valence-corrected chi connectivity index (χ1v) is 9.28. The number of hydrogen-bond acceptors (Lipinski definition) is 5. The number of alkyl halides is 3. The van der Waals surface area contributed by atoms with Gasteiger partial charge in [0.25, 0.3) is 0 Å². The van der Waals surface area contributed by atoms with E-state index in [1.165, 1.54) is 12.1 Å². The molecule has 1 amide bonds. The van der Waals surface area contributed by atoms with Crippen molar-refractivity contribution in [3.05, 3.63) is 71.9 Å². The minimum atomic E-state index is -4.49. The Kier molecular flexibility index (Phi) is 6.14. The molecule has 9 heteroatoms. The molecule has 2 aromatic heterocycles. The number of nitrogens with zero attached hydrogens (tertiary/aromatic N) is 3. The van der Waals surface area contributed by atoms with Gasteiger partial charge in [0, 0.05) is 11.9 Å². The third-order valence-corrected chi connectivity index (χ3v) is 4.71. The molecule has 0 unspecified atom stereocenters. The van der Waals surface area contributed by atoms with E-state index in [1.54, 1.807) is 36.5 Å². The van der Waals surface area contributed by atoms with E-state index >= 15 is 0 Å². The Morgan fingerprint density at radius 2 is 1.93 bits per heavy atom. The van der Waals surface area contributed by atoms with E-state index in [0.29, 0.717) is 22.0 Å². The van der Waals surface area contributed by atoms with Crippen LogP contribution in [0.1, 0.15) is 11.1 Å². The molecule has 0 saturated heterocycles. The summed E-state index contributed by atoms with van der Waals surface area (Å²) in [4.78, 5) is 20.8. The van der Waals surface area contributed by atoms with Gasteiger partial charge in [0.1, 0.15) is 11.1 Å². The number of carbonyl (C=O) groups is 1. The van der Waals surface area contributed by atoms with E-state index < -0.39 is 17.6 Å². The van der Waals surface area contributed by atoms with Gasteiger partial charge in [-0.05, 0) is 42.5 Å². The van der Waals surface area contributed by atoms with Crippen molar-refractivity contribution in [2.24, 2.45) is 0 Å². The third-order valence-electron chi connectivity index (χ3n) is 3.72. The highest BCUT2D eigenvalue weighted by Gasteiger charge is 2.30. The molecule has 0 aliphatic carbocycles. The number of nitriles is 1. The first-order chi connectivity index (χ1) is 13.9. The number of halogens is 3. The highest BCUT2D eigenvalue weighted by atomic mass is 32.2. The molecule has 0 spiro atoms. The van der Waals surface area contributed by atoms with Crippen molar-refractivity contribution in [1.29, 1.82) is 5.26 Å². The lowest BCUT2D eigenvalue weighted by molar-refractivity contribution is -0.137. The summed E-state index contributed by atoms with van der Waals surface area (Å²) in [5.74, 6) is -0.632. The molecule has 0 atom stereocenters. The summed E-state index contributed by atoms with van der Waals surface area (Å²) in [6, 6.07) is 15.0. The summed E-state index contributed by atoms with van der Waals surface area (Å²) in [6.45, 7) is 0. The summed E-state index contributed by atoms with van der Waals surface area (Å²) in [5.41, 5.74) is 0.653. The average molecular weight is 414 g/mol. The quantitative estimate of drug-likeness (QED) is 0.609. The smallest absolute Gasteiger partial charge is 0.325 e. The van der Waals surface area contributed by atoms with Crippen molar-refractivity contribution in [3.63, 3.8) is 0 Å². The summed E-state index contributed by atoms with van der Waals surface area (Å²) in [7, 11) is 0. The fourth-order valence-corrected chi connectivity index (χ4v) is 3.17. The number of rotatable bonds is 5. The number of amides is 1. The van der Waals surface area contributed by atoms with E-state index in [0.717, 1.165) is 23.9 Å². The Hall–Kier alpha value is -3.38. The van der Waals surface area contributed by atoms with Gasteiger partial charge < -0.3 is 5.32 Å². The lowest BCUT2D eigenvalue weighted by Crippen LogP contribution is -2.15. The van der Waals surface area contributed by atoms with Gasteiger partial charge in [-0.1, -0.05) is 23.9 Å². The van der Waals surface area contributed by atoms with E-state index in [9.17, 15) is 23.2 Å². The normalized spacial score (nSPS) is 11.0. The maximum Gasteiger partial charge on any atom is 0.416 e. The Labute approximate surface area is 168 Å². The molecule has 3 rings (SSSR count). The molecular formula is C20H13F3N4OS. The highest BCUT2D eigenvalue weighted by molar-refractivity contribution is 8.00. The summed E-state index contributed by atoms with van der Waals surface area (Å²) < 4.78 is 38.3. The summed E-state index contributed by atoms with van der Waals surface area (Å²) in [6.07, 6.45) is -2.88. The van der Waals surface area contributed by atoms with Crippen LogP contribution in [-0.4, -0.2) is 21.6 Å². The number of carbonyl (C=O) groups excluding carboxylic acids is 1. The third kappa shape index (κ3) is 5.33. The molecule has 1 aromatic carbocycles. The molecule has 5 nitrogen and oxygen atoms in total. The zero-order valence-electron chi connectivity index (χ0n) is 14.8. The van der Waals surface area contributed by atoms with Crippen molar-refractivity contribution in [1.82, 2.24) is 9.97 Å². The largest absolute Gasteiger partial charge is 0.416 e. The van der Waals surface area contributed by atoms with Crippen LogP contribution in [0.2, 0.25) is 0 Å². The van der Waals surface area contributed by atoms with Crippen molar-refractivity contribution in [3.8, 4) is 17.5 Å². The minimum absolute atomic E-state index is 0.0427. The second-order valence-electron chi connectivity index (χ2n) is 5.79. The Morgan fingerprint density at radius 3 is 2.62 bits per heavy atom. The van der Waals surface area contributed by atoms with Gasteiger partial charge in [-0.15, -0.1) is 0 Å². The van der Waals surface area contributed by atoms with Crippen LogP contribution in [0.15, 0.2) is 65.8 Å². The Bertz CT molecular complexity index is 1070. The molecule has 3 aromatic rings. The van der Waals surface area contributed by atoms with Crippen LogP contribution in [0.25, 0.3) is 11.4 Å². The maximum atomic E-state index is 12.8. The number of benzene rings is 1. The molecule has 0 saturated carbocycles. The van der Waals surface area contributed by atoms with Gasteiger partial charge in [0.15, 0.2) is 0 Å². The lowest BCUT2D eigenvalue weighted by atomic mass is 10.2. The van der Waals surface area contributed by atoms with Crippen molar-refractivity contribution < 1.29 is 18.0 Å². The summed E-state index contributed by atoms with van der Waals surface area (Å²) >= 11 is 1.02. The van der Waals surface area contributed by atoms with Crippen molar-refractivity contribution in [2.75, 3.05) is 11.1 Å².